The molecule has 0 aliphatic carbocycles. The number of aryl methyl sites for hydroxylation is 2. The second-order valence-electron chi connectivity index (χ2n) is 7.33. The number of benzene rings is 2. The molecule has 0 fully saturated rings. The van der Waals surface area contributed by atoms with E-state index in [2.05, 4.69) is 10.6 Å². The number of halogens is 1. The first-order chi connectivity index (χ1) is 15.0. The molecule has 0 saturated carbocycles. The number of amides is 2. The fourth-order valence-corrected chi connectivity index (χ4v) is 3.48. The summed E-state index contributed by atoms with van der Waals surface area (Å²) in [5.74, 6) is -0.729. The van der Waals surface area contributed by atoms with Gasteiger partial charge >= 0.3 is 5.69 Å². The molecule has 0 bridgehead atoms. The Bertz CT molecular complexity index is 1100. The lowest BCUT2D eigenvalue weighted by atomic mass is 10.1. The van der Waals surface area contributed by atoms with E-state index < -0.39 is 0 Å². The molecule has 0 saturated heterocycles. The van der Waals surface area contributed by atoms with Crippen molar-refractivity contribution in [2.45, 2.75) is 39.3 Å². The zero-order valence-electron chi connectivity index (χ0n) is 17.6. The quantitative estimate of drug-likeness (QED) is 0.488. The Balaban J connectivity index is 1.44. The highest BCUT2D eigenvalue weighted by atomic mass is 19.1. The van der Waals surface area contributed by atoms with Crippen molar-refractivity contribution < 1.29 is 14.0 Å². The number of carbonyl (C=O) groups excluding carboxylic acids is 2. The third-order valence-corrected chi connectivity index (χ3v) is 4.98. The summed E-state index contributed by atoms with van der Waals surface area (Å²) in [4.78, 5) is 36.8. The fraction of sp³-hybridized carbons (Fsp3) is 0.348. The molecule has 2 aromatic carbocycles. The van der Waals surface area contributed by atoms with Crippen LogP contribution in [0.25, 0.3) is 11.0 Å². The SMILES string of the molecule is CCCn1c(=O)n(CCC(=O)NCCNC(=O)Cc2ccc(F)cc2)c2ccccc21. The summed E-state index contributed by atoms with van der Waals surface area (Å²) < 4.78 is 16.3. The third kappa shape index (κ3) is 5.81. The molecule has 31 heavy (non-hydrogen) atoms. The zero-order chi connectivity index (χ0) is 22.2. The van der Waals surface area contributed by atoms with Crippen LogP contribution in [-0.2, 0) is 29.1 Å². The van der Waals surface area contributed by atoms with Gasteiger partial charge in [-0.05, 0) is 36.2 Å². The number of nitrogens with zero attached hydrogens (tertiary/aromatic N) is 2. The van der Waals surface area contributed by atoms with Crippen LogP contribution in [0.1, 0.15) is 25.3 Å². The van der Waals surface area contributed by atoms with E-state index in [9.17, 15) is 18.8 Å². The predicted octanol–water partition coefficient (Wildman–Crippen LogP) is 2.22. The molecule has 164 valence electrons. The maximum atomic E-state index is 12.9. The minimum absolute atomic E-state index is 0.107. The molecule has 0 unspecified atom stereocenters. The van der Waals surface area contributed by atoms with Gasteiger partial charge in [-0.25, -0.2) is 9.18 Å². The molecule has 2 amide bonds. The van der Waals surface area contributed by atoms with Crippen molar-refractivity contribution in [3.05, 3.63) is 70.4 Å². The first kappa shape index (κ1) is 22.3. The number of carbonyl (C=O) groups is 2. The van der Waals surface area contributed by atoms with Gasteiger partial charge in [0.25, 0.3) is 0 Å². The number of para-hydroxylation sites is 2. The molecular weight excluding hydrogens is 399 g/mol. The Morgan fingerprint density at radius 3 is 2.06 bits per heavy atom. The Hall–Kier alpha value is -3.42. The van der Waals surface area contributed by atoms with Crippen molar-refractivity contribution in [3.8, 4) is 0 Å². The molecule has 8 heteroatoms. The molecular formula is C23H27FN4O3. The molecule has 0 atom stereocenters. The summed E-state index contributed by atoms with van der Waals surface area (Å²) in [6, 6.07) is 13.3. The van der Waals surface area contributed by atoms with E-state index >= 15 is 0 Å². The largest absolute Gasteiger partial charge is 0.354 e. The van der Waals surface area contributed by atoms with Crippen molar-refractivity contribution in [2.24, 2.45) is 0 Å². The smallest absolute Gasteiger partial charge is 0.329 e. The minimum Gasteiger partial charge on any atom is -0.354 e. The highest BCUT2D eigenvalue weighted by Gasteiger charge is 2.13. The van der Waals surface area contributed by atoms with Crippen LogP contribution >= 0.6 is 0 Å². The van der Waals surface area contributed by atoms with Gasteiger partial charge in [0, 0.05) is 32.6 Å². The van der Waals surface area contributed by atoms with E-state index in [1.807, 2.05) is 31.2 Å². The van der Waals surface area contributed by atoms with Crippen LogP contribution in [0.5, 0.6) is 0 Å². The van der Waals surface area contributed by atoms with Gasteiger partial charge in [0.05, 0.1) is 17.5 Å². The summed E-state index contributed by atoms with van der Waals surface area (Å²) in [5.41, 5.74) is 2.31. The summed E-state index contributed by atoms with van der Waals surface area (Å²) in [7, 11) is 0. The molecule has 1 aromatic heterocycles. The lowest BCUT2D eigenvalue weighted by molar-refractivity contribution is -0.122. The Morgan fingerprint density at radius 2 is 1.45 bits per heavy atom. The number of rotatable bonds is 10. The van der Waals surface area contributed by atoms with E-state index in [4.69, 9.17) is 0 Å². The summed E-state index contributed by atoms with van der Waals surface area (Å²) in [5, 5.41) is 5.47. The van der Waals surface area contributed by atoms with Crippen molar-refractivity contribution in [3.63, 3.8) is 0 Å². The van der Waals surface area contributed by atoms with Crippen molar-refractivity contribution in [1.29, 1.82) is 0 Å². The summed E-state index contributed by atoms with van der Waals surface area (Å²) in [6.07, 6.45) is 1.17. The number of hydrogen-bond donors (Lipinski definition) is 2. The van der Waals surface area contributed by atoms with Crippen LogP contribution in [0.15, 0.2) is 53.3 Å². The normalized spacial score (nSPS) is 10.9. The second kappa shape index (κ2) is 10.6. The topological polar surface area (TPSA) is 85.1 Å². The third-order valence-electron chi connectivity index (χ3n) is 4.98. The van der Waals surface area contributed by atoms with Crippen molar-refractivity contribution in [2.75, 3.05) is 13.1 Å². The molecule has 0 radical (unpaired) electrons. The number of imidazole rings is 1. The fourth-order valence-electron chi connectivity index (χ4n) is 3.48. The van der Waals surface area contributed by atoms with Crippen molar-refractivity contribution >= 4 is 22.8 Å². The van der Waals surface area contributed by atoms with Crippen LogP contribution in [0.3, 0.4) is 0 Å². The van der Waals surface area contributed by atoms with Gasteiger partial charge in [-0.3, -0.25) is 18.7 Å². The number of aromatic nitrogens is 2. The Morgan fingerprint density at radius 1 is 0.871 bits per heavy atom. The van der Waals surface area contributed by atoms with Gasteiger partial charge in [-0.2, -0.15) is 0 Å². The molecule has 0 aliphatic rings. The van der Waals surface area contributed by atoms with Gasteiger partial charge in [-0.1, -0.05) is 31.2 Å². The van der Waals surface area contributed by atoms with Crippen LogP contribution in [0, 0.1) is 5.82 Å². The second-order valence-corrected chi connectivity index (χ2v) is 7.33. The molecule has 1 heterocycles. The van der Waals surface area contributed by atoms with Crippen LogP contribution in [0.4, 0.5) is 4.39 Å². The molecule has 0 spiro atoms. The number of nitrogens with one attached hydrogen (secondary N) is 2. The highest BCUT2D eigenvalue weighted by Crippen LogP contribution is 2.13. The highest BCUT2D eigenvalue weighted by molar-refractivity contribution is 5.79. The molecule has 3 aromatic rings. The van der Waals surface area contributed by atoms with Gasteiger partial charge in [0.2, 0.25) is 11.8 Å². The first-order valence-corrected chi connectivity index (χ1v) is 10.5. The van der Waals surface area contributed by atoms with E-state index in [1.54, 1.807) is 21.3 Å². The monoisotopic (exact) mass is 426 g/mol. The standard InChI is InChI=1S/C23H27FN4O3/c1-2-14-27-19-5-3-4-6-20(19)28(23(27)31)15-11-21(29)25-12-13-26-22(30)16-17-7-9-18(24)10-8-17/h3-10H,2,11-16H2,1H3,(H,25,29)(H,26,30). The molecule has 7 nitrogen and oxygen atoms in total. The average Bonchev–Trinajstić information content (AvgIpc) is 3.03. The predicted molar refractivity (Wildman–Crippen MR) is 117 cm³/mol. The van der Waals surface area contributed by atoms with E-state index in [0.29, 0.717) is 26.2 Å². The van der Waals surface area contributed by atoms with Gasteiger partial charge in [-0.15, -0.1) is 0 Å². The first-order valence-electron chi connectivity index (χ1n) is 10.5. The molecule has 3 rings (SSSR count). The summed E-state index contributed by atoms with van der Waals surface area (Å²) >= 11 is 0. The summed E-state index contributed by atoms with van der Waals surface area (Å²) in [6.45, 7) is 3.53. The van der Waals surface area contributed by atoms with Gasteiger partial charge < -0.3 is 10.6 Å². The Labute approximate surface area is 179 Å². The van der Waals surface area contributed by atoms with Crippen LogP contribution < -0.4 is 16.3 Å². The maximum absolute atomic E-state index is 12.9. The lowest BCUT2D eigenvalue weighted by Crippen LogP contribution is -2.36. The zero-order valence-corrected chi connectivity index (χ0v) is 17.6. The molecule has 2 N–H and O–H groups in total. The average molecular weight is 426 g/mol. The van der Waals surface area contributed by atoms with E-state index in [1.165, 1.54) is 12.1 Å². The van der Waals surface area contributed by atoms with Gasteiger partial charge in [0.1, 0.15) is 5.82 Å². The van der Waals surface area contributed by atoms with E-state index in [0.717, 1.165) is 23.0 Å². The van der Waals surface area contributed by atoms with E-state index in [-0.39, 0.29) is 36.2 Å². The number of fused-ring (bicyclic) bond motifs is 1. The lowest BCUT2D eigenvalue weighted by Gasteiger charge is -2.08. The van der Waals surface area contributed by atoms with Crippen molar-refractivity contribution in [1.82, 2.24) is 19.8 Å². The van der Waals surface area contributed by atoms with Crippen LogP contribution in [-0.4, -0.2) is 34.0 Å². The Kier molecular flexibility index (Phi) is 7.59. The van der Waals surface area contributed by atoms with Crippen LogP contribution in [0.2, 0.25) is 0 Å². The maximum Gasteiger partial charge on any atom is 0.329 e. The number of hydrogen-bond acceptors (Lipinski definition) is 3. The van der Waals surface area contributed by atoms with Gasteiger partial charge in [0.15, 0.2) is 0 Å². The minimum atomic E-state index is -0.343. The molecule has 0 aliphatic heterocycles.